The van der Waals surface area contributed by atoms with Gasteiger partial charge in [0.15, 0.2) is 0 Å². The molecule has 0 aliphatic heterocycles. The first-order valence-corrected chi connectivity index (χ1v) is 3.56. The van der Waals surface area contributed by atoms with Gasteiger partial charge in [-0.15, -0.1) is 6.42 Å². The maximum Gasteiger partial charge on any atom is 0.0690 e. The third-order valence-corrected chi connectivity index (χ3v) is 2.10. The van der Waals surface area contributed by atoms with Crippen LogP contribution in [0.4, 0.5) is 0 Å². The van der Waals surface area contributed by atoms with Crippen LogP contribution in [0.15, 0.2) is 0 Å². The molecule has 2 N–H and O–H groups in total. The molecule has 1 heteroatoms. The molecule has 1 aliphatic carbocycles. The van der Waals surface area contributed by atoms with Crippen LogP contribution in [0.3, 0.4) is 0 Å². The molecule has 0 saturated heterocycles. The van der Waals surface area contributed by atoms with E-state index in [0.29, 0.717) is 5.92 Å². The van der Waals surface area contributed by atoms with Gasteiger partial charge in [-0.25, -0.2) is 0 Å². The molecule has 0 bridgehead atoms. The Hall–Kier alpha value is -0.480. The lowest BCUT2D eigenvalue weighted by molar-refractivity contribution is 0.501. The van der Waals surface area contributed by atoms with E-state index in [4.69, 9.17) is 12.2 Å². The van der Waals surface area contributed by atoms with Gasteiger partial charge in [-0.3, -0.25) is 0 Å². The van der Waals surface area contributed by atoms with Gasteiger partial charge in [-0.1, -0.05) is 18.8 Å². The van der Waals surface area contributed by atoms with Crippen LogP contribution in [-0.4, -0.2) is 6.04 Å². The highest BCUT2D eigenvalue weighted by molar-refractivity contribution is 5.01. The van der Waals surface area contributed by atoms with Gasteiger partial charge >= 0.3 is 0 Å². The van der Waals surface area contributed by atoms with Crippen molar-refractivity contribution in [1.29, 1.82) is 0 Å². The number of hydrogen-bond donors (Lipinski definition) is 1. The van der Waals surface area contributed by atoms with Crippen LogP contribution in [0.1, 0.15) is 25.7 Å². The largest absolute Gasteiger partial charge is 0.317 e. The number of hydrogen-bond acceptors (Lipinski definition) is 1. The SMILES string of the molecule is C#CC(N)C1CCCC1. The zero-order valence-corrected chi connectivity index (χ0v) is 5.64. The molecule has 1 nitrogen and oxygen atoms in total. The predicted octanol–water partition coefficient (Wildman–Crippen LogP) is 1.14. The van der Waals surface area contributed by atoms with E-state index in [1.54, 1.807) is 0 Å². The average Bonchev–Trinajstić information content (AvgIpc) is 2.37. The topological polar surface area (TPSA) is 26.0 Å². The normalized spacial score (nSPS) is 23.6. The quantitative estimate of drug-likeness (QED) is 0.520. The van der Waals surface area contributed by atoms with Gasteiger partial charge in [0, 0.05) is 0 Å². The molecular weight excluding hydrogens is 110 g/mol. The van der Waals surface area contributed by atoms with Crippen molar-refractivity contribution in [3.05, 3.63) is 0 Å². The average molecular weight is 123 g/mol. The predicted molar refractivity (Wildman–Crippen MR) is 38.8 cm³/mol. The summed E-state index contributed by atoms with van der Waals surface area (Å²) in [6.45, 7) is 0. The molecule has 0 radical (unpaired) electrons. The van der Waals surface area contributed by atoms with E-state index < -0.39 is 0 Å². The van der Waals surface area contributed by atoms with E-state index in [-0.39, 0.29) is 6.04 Å². The van der Waals surface area contributed by atoms with Crippen molar-refractivity contribution in [2.45, 2.75) is 31.7 Å². The van der Waals surface area contributed by atoms with Gasteiger partial charge < -0.3 is 5.73 Å². The van der Waals surface area contributed by atoms with Crippen molar-refractivity contribution in [1.82, 2.24) is 0 Å². The molecule has 0 aromatic carbocycles. The molecule has 0 aromatic heterocycles. The molecule has 1 atom stereocenters. The zero-order valence-electron chi connectivity index (χ0n) is 5.64. The summed E-state index contributed by atoms with van der Waals surface area (Å²) < 4.78 is 0. The highest BCUT2D eigenvalue weighted by Crippen LogP contribution is 2.26. The second kappa shape index (κ2) is 2.89. The minimum Gasteiger partial charge on any atom is -0.317 e. The third kappa shape index (κ3) is 1.46. The minimum absolute atomic E-state index is 0.0208. The Labute approximate surface area is 56.6 Å². The Morgan fingerprint density at radius 3 is 2.44 bits per heavy atom. The van der Waals surface area contributed by atoms with Crippen LogP contribution in [0.25, 0.3) is 0 Å². The highest BCUT2D eigenvalue weighted by Gasteiger charge is 2.19. The molecule has 50 valence electrons. The summed E-state index contributed by atoms with van der Waals surface area (Å²) in [5, 5.41) is 0. The van der Waals surface area contributed by atoms with Crippen molar-refractivity contribution in [3.63, 3.8) is 0 Å². The first kappa shape index (κ1) is 6.64. The fourth-order valence-corrected chi connectivity index (χ4v) is 1.45. The smallest absolute Gasteiger partial charge is 0.0690 e. The Balaban J connectivity index is 2.34. The molecule has 1 rings (SSSR count). The molecule has 1 fully saturated rings. The Morgan fingerprint density at radius 2 is 2.00 bits per heavy atom. The van der Waals surface area contributed by atoms with Gasteiger partial charge in [-0.05, 0) is 18.8 Å². The first-order valence-electron chi connectivity index (χ1n) is 3.56. The highest BCUT2D eigenvalue weighted by atomic mass is 14.6. The van der Waals surface area contributed by atoms with Crippen LogP contribution >= 0.6 is 0 Å². The van der Waals surface area contributed by atoms with Crippen molar-refractivity contribution < 1.29 is 0 Å². The van der Waals surface area contributed by atoms with Gasteiger partial charge in [0.05, 0.1) is 6.04 Å². The summed E-state index contributed by atoms with van der Waals surface area (Å²) in [7, 11) is 0. The summed E-state index contributed by atoms with van der Waals surface area (Å²) in [6.07, 6.45) is 10.3. The van der Waals surface area contributed by atoms with E-state index in [9.17, 15) is 0 Å². The standard InChI is InChI=1S/C8H13N/c1-2-8(9)7-5-3-4-6-7/h1,7-8H,3-6,9H2. The molecule has 1 unspecified atom stereocenters. The monoisotopic (exact) mass is 123 g/mol. The maximum atomic E-state index is 5.64. The first-order chi connectivity index (χ1) is 4.34. The summed E-state index contributed by atoms with van der Waals surface area (Å²) >= 11 is 0. The minimum atomic E-state index is 0.0208. The molecule has 0 amide bonds. The molecule has 0 aromatic rings. The van der Waals surface area contributed by atoms with E-state index in [2.05, 4.69) is 5.92 Å². The second-order valence-corrected chi connectivity index (χ2v) is 2.74. The van der Waals surface area contributed by atoms with Crippen molar-refractivity contribution >= 4 is 0 Å². The lowest BCUT2D eigenvalue weighted by Gasteiger charge is -2.10. The van der Waals surface area contributed by atoms with Gasteiger partial charge in [-0.2, -0.15) is 0 Å². The second-order valence-electron chi connectivity index (χ2n) is 2.74. The lowest BCUT2D eigenvalue weighted by atomic mass is 10.0. The number of nitrogens with two attached hydrogens (primary N) is 1. The summed E-state index contributed by atoms with van der Waals surface area (Å²) in [6, 6.07) is 0.0208. The number of rotatable bonds is 1. The molecular formula is C8H13N. The van der Waals surface area contributed by atoms with Crippen LogP contribution < -0.4 is 5.73 Å². The van der Waals surface area contributed by atoms with Gasteiger partial charge in [0.25, 0.3) is 0 Å². The summed E-state index contributed by atoms with van der Waals surface area (Å²) in [5.41, 5.74) is 5.64. The third-order valence-electron chi connectivity index (χ3n) is 2.10. The molecule has 0 spiro atoms. The summed E-state index contributed by atoms with van der Waals surface area (Å²) in [4.78, 5) is 0. The Kier molecular flexibility index (Phi) is 2.13. The van der Waals surface area contributed by atoms with Crippen LogP contribution in [0, 0.1) is 18.3 Å². The number of terminal acetylenes is 1. The van der Waals surface area contributed by atoms with Crippen molar-refractivity contribution in [3.8, 4) is 12.3 Å². The van der Waals surface area contributed by atoms with Crippen LogP contribution in [-0.2, 0) is 0 Å². The molecule has 0 heterocycles. The fraction of sp³-hybridized carbons (Fsp3) is 0.750. The maximum absolute atomic E-state index is 5.64. The Morgan fingerprint density at radius 1 is 1.44 bits per heavy atom. The van der Waals surface area contributed by atoms with Crippen LogP contribution in [0.2, 0.25) is 0 Å². The van der Waals surface area contributed by atoms with Gasteiger partial charge in [0.1, 0.15) is 0 Å². The van der Waals surface area contributed by atoms with Crippen molar-refractivity contribution in [2.24, 2.45) is 11.7 Å². The zero-order chi connectivity index (χ0) is 6.69. The lowest BCUT2D eigenvalue weighted by Crippen LogP contribution is -2.25. The van der Waals surface area contributed by atoms with Crippen LogP contribution in [0.5, 0.6) is 0 Å². The van der Waals surface area contributed by atoms with Gasteiger partial charge in [0.2, 0.25) is 0 Å². The Bertz CT molecular complexity index is 117. The molecule has 9 heavy (non-hydrogen) atoms. The summed E-state index contributed by atoms with van der Waals surface area (Å²) in [5.74, 6) is 3.20. The van der Waals surface area contributed by atoms with E-state index in [1.807, 2.05) is 0 Å². The fourth-order valence-electron chi connectivity index (χ4n) is 1.45. The van der Waals surface area contributed by atoms with E-state index >= 15 is 0 Å². The molecule has 1 saturated carbocycles. The van der Waals surface area contributed by atoms with E-state index in [1.165, 1.54) is 25.7 Å². The van der Waals surface area contributed by atoms with Crippen molar-refractivity contribution in [2.75, 3.05) is 0 Å². The van der Waals surface area contributed by atoms with E-state index in [0.717, 1.165) is 0 Å². The molecule has 1 aliphatic rings.